The van der Waals surface area contributed by atoms with Gasteiger partial charge in [0.2, 0.25) is 0 Å². The molecule has 1 aromatic carbocycles. The minimum Gasteiger partial charge on any atom is -0.397 e. The Morgan fingerprint density at radius 1 is 1.22 bits per heavy atom. The van der Waals surface area contributed by atoms with Gasteiger partial charge in [0.15, 0.2) is 0 Å². The highest BCUT2D eigenvalue weighted by atomic mass is 19.1. The van der Waals surface area contributed by atoms with E-state index in [1.165, 1.54) is 12.1 Å². The maximum absolute atomic E-state index is 13.5. The summed E-state index contributed by atoms with van der Waals surface area (Å²) in [4.78, 5) is 13.7. The highest BCUT2D eigenvalue weighted by Crippen LogP contribution is 2.22. The average Bonchev–Trinajstić information content (AvgIpc) is 2.62. The first-order valence-electron chi connectivity index (χ1n) is 6.28. The quantitative estimate of drug-likeness (QED) is 0.754. The van der Waals surface area contributed by atoms with Crippen LogP contribution in [0.1, 0.15) is 25.7 Å². The summed E-state index contributed by atoms with van der Waals surface area (Å²) in [5.74, 6) is -0.502. The monoisotopic (exact) mass is 251 g/mol. The zero-order valence-electron chi connectivity index (χ0n) is 10.3. The average molecular weight is 251 g/mol. The second-order valence-corrected chi connectivity index (χ2v) is 4.54. The fourth-order valence-electron chi connectivity index (χ4n) is 2.13. The molecule has 0 bridgehead atoms. The van der Waals surface area contributed by atoms with Crippen molar-refractivity contribution in [2.75, 3.05) is 24.1 Å². The molecule has 3 N–H and O–H groups in total. The third kappa shape index (κ3) is 2.91. The zero-order valence-corrected chi connectivity index (χ0v) is 10.3. The van der Waals surface area contributed by atoms with Gasteiger partial charge in [0.1, 0.15) is 11.5 Å². The third-order valence-corrected chi connectivity index (χ3v) is 3.17. The number of nitrogens with zero attached hydrogens (tertiary/aromatic N) is 1. The van der Waals surface area contributed by atoms with E-state index < -0.39 is 5.82 Å². The molecule has 18 heavy (non-hydrogen) atoms. The Labute approximate surface area is 106 Å². The summed E-state index contributed by atoms with van der Waals surface area (Å²) >= 11 is 0. The maximum Gasteiger partial charge on any atom is 0.321 e. The highest BCUT2D eigenvalue weighted by molar-refractivity contribution is 5.92. The molecule has 4 nitrogen and oxygen atoms in total. The lowest BCUT2D eigenvalue weighted by Crippen LogP contribution is -2.36. The van der Waals surface area contributed by atoms with Crippen LogP contribution in [0.25, 0.3) is 0 Å². The predicted octanol–water partition coefficient (Wildman–Crippen LogP) is 2.82. The second kappa shape index (κ2) is 5.71. The summed E-state index contributed by atoms with van der Waals surface area (Å²) in [6.45, 7) is 1.44. The Kier molecular flexibility index (Phi) is 4.02. The van der Waals surface area contributed by atoms with Gasteiger partial charge in [-0.25, -0.2) is 9.18 Å². The van der Waals surface area contributed by atoms with E-state index in [0.717, 1.165) is 38.8 Å². The molecule has 2 amide bonds. The van der Waals surface area contributed by atoms with Crippen molar-refractivity contribution in [1.82, 2.24) is 4.90 Å². The van der Waals surface area contributed by atoms with E-state index in [0.29, 0.717) is 0 Å². The Hall–Kier alpha value is -1.78. The molecule has 0 aromatic heterocycles. The number of hydrogen-bond acceptors (Lipinski definition) is 2. The van der Waals surface area contributed by atoms with Crippen LogP contribution in [0.4, 0.5) is 20.6 Å². The lowest BCUT2D eigenvalue weighted by atomic mass is 10.2. The number of rotatable bonds is 1. The van der Waals surface area contributed by atoms with Crippen LogP contribution in [0.2, 0.25) is 0 Å². The fraction of sp³-hybridized carbons (Fsp3) is 0.462. The number of nitrogens with two attached hydrogens (primary N) is 1. The van der Waals surface area contributed by atoms with Gasteiger partial charge >= 0.3 is 6.03 Å². The van der Waals surface area contributed by atoms with Gasteiger partial charge in [-0.05, 0) is 25.0 Å². The summed E-state index contributed by atoms with van der Waals surface area (Å²) < 4.78 is 13.5. The summed E-state index contributed by atoms with van der Waals surface area (Å²) in [6.07, 6.45) is 4.29. The number of likely N-dealkylation sites (tertiary alicyclic amines) is 1. The van der Waals surface area contributed by atoms with Gasteiger partial charge in [0.25, 0.3) is 0 Å². The number of hydrogen-bond donors (Lipinski definition) is 2. The van der Waals surface area contributed by atoms with Gasteiger partial charge < -0.3 is 16.0 Å². The van der Waals surface area contributed by atoms with Crippen LogP contribution < -0.4 is 11.1 Å². The highest BCUT2D eigenvalue weighted by Gasteiger charge is 2.17. The van der Waals surface area contributed by atoms with Crippen LogP contribution in [0.15, 0.2) is 18.2 Å². The van der Waals surface area contributed by atoms with Crippen molar-refractivity contribution in [2.24, 2.45) is 0 Å². The van der Waals surface area contributed by atoms with Gasteiger partial charge in [0.05, 0.1) is 5.69 Å². The number of carbonyl (C=O) groups is 1. The molecule has 1 fully saturated rings. The van der Waals surface area contributed by atoms with Gasteiger partial charge in [0, 0.05) is 13.1 Å². The van der Waals surface area contributed by atoms with E-state index >= 15 is 0 Å². The third-order valence-electron chi connectivity index (χ3n) is 3.17. The largest absolute Gasteiger partial charge is 0.397 e. The molecule has 1 saturated heterocycles. The van der Waals surface area contributed by atoms with E-state index in [9.17, 15) is 9.18 Å². The predicted molar refractivity (Wildman–Crippen MR) is 69.9 cm³/mol. The number of nitrogens with one attached hydrogen (secondary N) is 1. The molecule has 0 aliphatic carbocycles. The molecule has 0 spiro atoms. The Bertz CT molecular complexity index is 408. The molecule has 1 aliphatic heterocycles. The molecule has 98 valence electrons. The maximum atomic E-state index is 13.5. The van der Waals surface area contributed by atoms with Crippen LogP contribution >= 0.6 is 0 Å². The van der Waals surface area contributed by atoms with Crippen LogP contribution in [0.3, 0.4) is 0 Å². The molecule has 0 atom stereocenters. The van der Waals surface area contributed by atoms with Crippen LogP contribution in [-0.4, -0.2) is 24.0 Å². The molecular formula is C13H18FN3O. The standard InChI is InChI=1S/C13H18FN3O/c14-10-6-5-7-11(15)12(10)16-13(18)17-8-3-1-2-4-9-17/h5-7H,1-4,8-9,15H2,(H,16,18). The number of carbonyl (C=O) groups excluding carboxylic acids is 1. The van der Waals surface area contributed by atoms with E-state index in [-0.39, 0.29) is 17.4 Å². The zero-order chi connectivity index (χ0) is 13.0. The summed E-state index contributed by atoms with van der Waals surface area (Å²) in [5, 5.41) is 2.56. The SMILES string of the molecule is Nc1cccc(F)c1NC(=O)N1CCCCCC1. The summed E-state index contributed by atoms with van der Waals surface area (Å²) in [5.41, 5.74) is 5.98. The first-order valence-corrected chi connectivity index (χ1v) is 6.28. The molecule has 2 rings (SSSR count). The minimum absolute atomic E-state index is 0.0757. The molecule has 0 saturated carbocycles. The molecule has 5 heteroatoms. The fourth-order valence-corrected chi connectivity index (χ4v) is 2.13. The lowest BCUT2D eigenvalue weighted by molar-refractivity contribution is 0.213. The van der Waals surface area contributed by atoms with Crippen molar-refractivity contribution in [1.29, 1.82) is 0 Å². The van der Waals surface area contributed by atoms with Gasteiger partial charge in [-0.3, -0.25) is 0 Å². The first kappa shape index (κ1) is 12.7. The normalized spacial score (nSPS) is 16.2. The number of amides is 2. The van der Waals surface area contributed by atoms with Crippen molar-refractivity contribution in [3.05, 3.63) is 24.0 Å². The minimum atomic E-state index is -0.502. The van der Waals surface area contributed by atoms with Crippen LogP contribution in [-0.2, 0) is 0 Å². The van der Waals surface area contributed by atoms with Gasteiger partial charge in [-0.1, -0.05) is 18.9 Å². The molecule has 1 aliphatic rings. The molecule has 0 radical (unpaired) electrons. The van der Waals surface area contributed by atoms with Crippen molar-refractivity contribution in [2.45, 2.75) is 25.7 Å². The van der Waals surface area contributed by atoms with Crippen LogP contribution in [0.5, 0.6) is 0 Å². The van der Waals surface area contributed by atoms with Crippen LogP contribution in [0, 0.1) is 5.82 Å². The second-order valence-electron chi connectivity index (χ2n) is 4.54. The van der Waals surface area contributed by atoms with E-state index in [2.05, 4.69) is 5.32 Å². The van der Waals surface area contributed by atoms with Crippen molar-refractivity contribution >= 4 is 17.4 Å². The Morgan fingerprint density at radius 2 is 1.89 bits per heavy atom. The number of halogens is 1. The lowest BCUT2D eigenvalue weighted by Gasteiger charge is -2.21. The molecular weight excluding hydrogens is 233 g/mol. The van der Waals surface area contributed by atoms with Crippen molar-refractivity contribution in [3.63, 3.8) is 0 Å². The van der Waals surface area contributed by atoms with E-state index in [4.69, 9.17) is 5.73 Å². The number of nitrogen functional groups attached to an aromatic ring is 1. The summed E-state index contributed by atoms with van der Waals surface area (Å²) in [6, 6.07) is 4.11. The smallest absolute Gasteiger partial charge is 0.321 e. The Balaban J connectivity index is 2.06. The van der Waals surface area contributed by atoms with E-state index in [1.54, 1.807) is 11.0 Å². The molecule has 0 unspecified atom stereocenters. The first-order chi connectivity index (χ1) is 8.68. The van der Waals surface area contributed by atoms with Crippen molar-refractivity contribution in [3.8, 4) is 0 Å². The molecule has 1 heterocycles. The number of para-hydroxylation sites is 1. The van der Waals surface area contributed by atoms with Gasteiger partial charge in [-0.15, -0.1) is 0 Å². The topological polar surface area (TPSA) is 58.4 Å². The van der Waals surface area contributed by atoms with Crippen molar-refractivity contribution < 1.29 is 9.18 Å². The summed E-state index contributed by atoms with van der Waals surface area (Å²) in [7, 11) is 0. The Morgan fingerprint density at radius 3 is 2.50 bits per heavy atom. The van der Waals surface area contributed by atoms with E-state index in [1.807, 2.05) is 0 Å². The number of urea groups is 1. The van der Waals surface area contributed by atoms with Gasteiger partial charge in [-0.2, -0.15) is 0 Å². The number of benzene rings is 1. The molecule has 1 aromatic rings. The number of anilines is 2.